The molecule has 0 bridgehead atoms. The maximum atomic E-state index is 12.4. The van der Waals surface area contributed by atoms with Crippen molar-refractivity contribution < 1.29 is 24.5 Å². The van der Waals surface area contributed by atoms with Gasteiger partial charge in [0.1, 0.15) is 6.04 Å². The minimum absolute atomic E-state index is 0.0579. The number of aliphatic carboxylic acids is 1. The monoisotopic (exact) mass is 279 g/mol. The van der Waals surface area contributed by atoms with E-state index in [-0.39, 0.29) is 17.4 Å². The molecule has 1 heterocycles. The number of carbonyl (C=O) groups is 2. The molecule has 1 amide bonds. The number of likely N-dealkylation sites (tertiary alicyclic amines) is 1. The summed E-state index contributed by atoms with van der Waals surface area (Å²) in [5.74, 6) is -1.20. The Morgan fingerprint density at radius 2 is 2.10 bits per heavy atom. The maximum Gasteiger partial charge on any atom is 0.326 e. The van der Waals surface area contributed by atoms with Crippen LogP contribution >= 0.6 is 0 Å². The molecule has 1 atom stereocenters. The SMILES string of the molecule is COc1cc(C(=O)N2CCCCC2C(=O)O)ccc1O. The van der Waals surface area contributed by atoms with Gasteiger partial charge in [-0.3, -0.25) is 4.79 Å². The number of hydrogen-bond donors (Lipinski definition) is 2. The van der Waals surface area contributed by atoms with Crippen molar-refractivity contribution in [2.45, 2.75) is 25.3 Å². The first-order valence-corrected chi connectivity index (χ1v) is 6.45. The van der Waals surface area contributed by atoms with E-state index in [9.17, 15) is 19.8 Å². The lowest BCUT2D eigenvalue weighted by atomic mass is 10.0. The first-order chi connectivity index (χ1) is 9.54. The quantitative estimate of drug-likeness (QED) is 0.875. The number of piperidine rings is 1. The molecule has 2 rings (SSSR count). The summed E-state index contributed by atoms with van der Waals surface area (Å²) in [5.41, 5.74) is 0.313. The number of ether oxygens (including phenoxy) is 1. The molecule has 20 heavy (non-hydrogen) atoms. The second-order valence-corrected chi connectivity index (χ2v) is 4.73. The molecule has 108 valence electrons. The van der Waals surface area contributed by atoms with Crippen molar-refractivity contribution in [3.8, 4) is 11.5 Å². The van der Waals surface area contributed by atoms with Crippen molar-refractivity contribution in [1.82, 2.24) is 4.90 Å². The number of benzene rings is 1. The summed E-state index contributed by atoms with van der Waals surface area (Å²) < 4.78 is 4.96. The molecule has 1 fully saturated rings. The van der Waals surface area contributed by atoms with Crippen LogP contribution in [0.4, 0.5) is 0 Å². The molecule has 1 aromatic rings. The first-order valence-electron chi connectivity index (χ1n) is 6.45. The van der Waals surface area contributed by atoms with Crippen LogP contribution in [0, 0.1) is 0 Å². The highest BCUT2D eigenvalue weighted by atomic mass is 16.5. The summed E-state index contributed by atoms with van der Waals surface area (Å²) in [6, 6.07) is 3.47. The first kappa shape index (κ1) is 14.2. The number of rotatable bonds is 3. The topological polar surface area (TPSA) is 87.1 Å². The van der Waals surface area contributed by atoms with E-state index >= 15 is 0 Å². The van der Waals surface area contributed by atoms with Gasteiger partial charge in [0.15, 0.2) is 11.5 Å². The molecule has 1 unspecified atom stereocenters. The number of amides is 1. The highest BCUT2D eigenvalue weighted by Gasteiger charge is 2.32. The van der Waals surface area contributed by atoms with Gasteiger partial charge in [-0.25, -0.2) is 4.79 Å². The van der Waals surface area contributed by atoms with Crippen LogP contribution in [0.5, 0.6) is 11.5 Å². The number of phenolic OH excluding ortho intramolecular Hbond substituents is 1. The molecule has 0 aliphatic carbocycles. The van der Waals surface area contributed by atoms with Gasteiger partial charge < -0.3 is 19.8 Å². The van der Waals surface area contributed by atoms with Gasteiger partial charge in [-0.05, 0) is 37.5 Å². The van der Waals surface area contributed by atoms with Crippen LogP contribution in [0.25, 0.3) is 0 Å². The number of hydrogen-bond acceptors (Lipinski definition) is 4. The predicted molar refractivity (Wildman–Crippen MR) is 71.0 cm³/mol. The Morgan fingerprint density at radius 3 is 2.75 bits per heavy atom. The average molecular weight is 279 g/mol. The Hall–Kier alpha value is -2.24. The van der Waals surface area contributed by atoms with E-state index in [4.69, 9.17) is 4.74 Å². The van der Waals surface area contributed by atoms with Crippen molar-refractivity contribution in [3.05, 3.63) is 23.8 Å². The standard InChI is InChI=1S/C14H17NO5/c1-20-12-8-9(5-6-11(12)16)13(17)15-7-3-2-4-10(15)14(18)19/h5-6,8,10,16H,2-4,7H2,1H3,(H,18,19). The summed E-state index contributed by atoms with van der Waals surface area (Å²) in [6.07, 6.45) is 2.07. The molecule has 1 aromatic carbocycles. The van der Waals surface area contributed by atoms with Crippen molar-refractivity contribution in [1.29, 1.82) is 0 Å². The Bertz CT molecular complexity index is 528. The van der Waals surface area contributed by atoms with Gasteiger partial charge in [-0.2, -0.15) is 0 Å². The number of carboxylic acids is 1. The Kier molecular flexibility index (Phi) is 4.12. The minimum atomic E-state index is -0.983. The zero-order valence-corrected chi connectivity index (χ0v) is 11.2. The fraction of sp³-hybridized carbons (Fsp3) is 0.429. The third kappa shape index (κ3) is 2.68. The van der Waals surface area contributed by atoms with E-state index in [1.807, 2.05) is 0 Å². The highest BCUT2D eigenvalue weighted by molar-refractivity contribution is 5.97. The molecule has 1 aliphatic heterocycles. The van der Waals surface area contributed by atoms with Crippen LogP contribution in [-0.2, 0) is 4.79 Å². The van der Waals surface area contributed by atoms with Crippen LogP contribution in [0.3, 0.4) is 0 Å². The van der Waals surface area contributed by atoms with Gasteiger partial charge in [-0.1, -0.05) is 0 Å². The second kappa shape index (κ2) is 5.81. The fourth-order valence-electron chi connectivity index (χ4n) is 2.41. The lowest BCUT2D eigenvalue weighted by Crippen LogP contribution is -2.47. The molecule has 0 saturated carbocycles. The molecular formula is C14H17NO5. The van der Waals surface area contributed by atoms with Gasteiger partial charge in [0.25, 0.3) is 5.91 Å². The van der Waals surface area contributed by atoms with E-state index in [0.29, 0.717) is 18.5 Å². The van der Waals surface area contributed by atoms with Crippen molar-refractivity contribution in [2.24, 2.45) is 0 Å². The van der Waals surface area contributed by atoms with Gasteiger partial charge in [-0.15, -0.1) is 0 Å². The van der Waals surface area contributed by atoms with Gasteiger partial charge in [0.2, 0.25) is 0 Å². The molecule has 1 saturated heterocycles. The van der Waals surface area contributed by atoms with Crippen molar-refractivity contribution in [3.63, 3.8) is 0 Å². The van der Waals surface area contributed by atoms with Crippen LogP contribution in [-0.4, -0.2) is 46.7 Å². The highest BCUT2D eigenvalue weighted by Crippen LogP contribution is 2.28. The predicted octanol–water partition coefficient (Wildman–Crippen LogP) is 1.48. The van der Waals surface area contributed by atoms with E-state index in [0.717, 1.165) is 12.8 Å². The normalized spacial score (nSPS) is 18.6. The number of methoxy groups -OCH3 is 1. The lowest BCUT2D eigenvalue weighted by molar-refractivity contribution is -0.143. The van der Waals surface area contributed by atoms with Crippen molar-refractivity contribution in [2.75, 3.05) is 13.7 Å². The molecule has 0 aromatic heterocycles. The van der Waals surface area contributed by atoms with E-state index < -0.39 is 12.0 Å². The number of nitrogens with zero attached hydrogens (tertiary/aromatic N) is 1. The summed E-state index contributed by atoms with van der Waals surface area (Å²) in [4.78, 5) is 25.0. The minimum Gasteiger partial charge on any atom is -0.504 e. The molecule has 0 radical (unpaired) electrons. The molecule has 2 N–H and O–H groups in total. The third-order valence-electron chi connectivity index (χ3n) is 3.48. The Balaban J connectivity index is 2.27. The Morgan fingerprint density at radius 1 is 1.35 bits per heavy atom. The Labute approximate surface area is 116 Å². The molecule has 6 heteroatoms. The largest absolute Gasteiger partial charge is 0.504 e. The second-order valence-electron chi connectivity index (χ2n) is 4.73. The zero-order valence-electron chi connectivity index (χ0n) is 11.2. The van der Waals surface area contributed by atoms with E-state index in [2.05, 4.69) is 0 Å². The van der Waals surface area contributed by atoms with Crippen LogP contribution in [0.15, 0.2) is 18.2 Å². The molecule has 0 spiro atoms. The smallest absolute Gasteiger partial charge is 0.326 e. The lowest BCUT2D eigenvalue weighted by Gasteiger charge is -2.33. The molecule has 1 aliphatic rings. The van der Waals surface area contributed by atoms with Crippen LogP contribution < -0.4 is 4.74 Å². The van der Waals surface area contributed by atoms with Gasteiger partial charge >= 0.3 is 5.97 Å². The summed E-state index contributed by atoms with van der Waals surface area (Å²) in [5, 5.41) is 18.7. The number of carboxylic acid groups (broad SMARTS) is 1. The third-order valence-corrected chi connectivity index (χ3v) is 3.48. The van der Waals surface area contributed by atoms with Gasteiger partial charge in [0.05, 0.1) is 7.11 Å². The summed E-state index contributed by atoms with van der Waals surface area (Å²) in [6.45, 7) is 0.430. The summed E-state index contributed by atoms with van der Waals surface area (Å²) >= 11 is 0. The van der Waals surface area contributed by atoms with Crippen LogP contribution in [0.1, 0.15) is 29.6 Å². The molecular weight excluding hydrogens is 262 g/mol. The molecule has 6 nitrogen and oxygen atoms in total. The van der Waals surface area contributed by atoms with Crippen LogP contribution in [0.2, 0.25) is 0 Å². The summed E-state index contributed by atoms with van der Waals surface area (Å²) in [7, 11) is 1.39. The maximum absolute atomic E-state index is 12.4. The van der Waals surface area contributed by atoms with E-state index in [1.165, 1.54) is 30.2 Å². The number of carbonyl (C=O) groups excluding carboxylic acids is 1. The number of aromatic hydroxyl groups is 1. The number of phenols is 1. The fourth-order valence-corrected chi connectivity index (χ4v) is 2.41. The zero-order chi connectivity index (χ0) is 14.7. The van der Waals surface area contributed by atoms with E-state index in [1.54, 1.807) is 0 Å². The van der Waals surface area contributed by atoms with Crippen molar-refractivity contribution >= 4 is 11.9 Å². The average Bonchev–Trinajstić information content (AvgIpc) is 2.47. The van der Waals surface area contributed by atoms with Gasteiger partial charge in [0, 0.05) is 12.1 Å².